The van der Waals surface area contributed by atoms with Crippen molar-refractivity contribution in [2.45, 2.75) is 32.1 Å². The number of hydrogen-bond acceptors (Lipinski definition) is 5. The zero-order valence-electron chi connectivity index (χ0n) is 14.8. The van der Waals surface area contributed by atoms with Crippen molar-refractivity contribution in [1.82, 2.24) is 19.6 Å². The number of rotatable bonds is 4. The van der Waals surface area contributed by atoms with Gasteiger partial charge in [-0.3, -0.25) is 10.1 Å². The second-order valence-corrected chi connectivity index (χ2v) is 7.96. The lowest BCUT2D eigenvalue weighted by atomic mass is 10.2. The number of halogens is 2. The van der Waals surface area contributed by atoms with Crippen molar-refractivity contribution in [3.63, 3.8) is 0 Å². The molecular formula is C19H15F2N5OS. The highest BCUT2D eigenvalue weighted by Crippen LogP contribution is 2.40. The Bertz CT molecular complexity index is 1230. The Morgan fingerprint density at radius 2 is 2.07 bits per heavy atom. The van der Waals surface area contributed by atoms with Crippen LogP contribution in [0.3, 0.4) is 0 Å². The van der Waals surface area contributed by atoms with E-state index in [0.29, 0.717) is 10.8 Å². The standard InChI is InChI=1S/C19H15F2N5OS/c1-9-2-5-11-15(6-9)28-19(23-11)24-18(27)13-8-16-22-12(10-3-4-10)7-14(17(20)21)26(16)25-13/h2,5-8,10,17H,3-4H2,1H3,(H,23,24,27). The lowest BCUT2D eigenvalue weighted by Gasteiger charge is -2.06. The summed E-state index contributed by atoms with van der Waals surface area (Å²) in [5.74, 6) is -0.282. The minimum Gasteiger partial charge on any atom is -0.296 e. The molecule has 0 unspecified atom stereocenters. The fourth-order valence-electron chi connectivity index (χ4n) is 3.12. The minimum atomic E-state index is -2.70. The number of fused-ring (bicyclic) bond motifs is 2. The molecule has 1 aliphatic carbocycles. The summed E-state index contributed by atoms with van der Waals surface area (Å²) in [6.45, 7) is 1.98. The Kier molecular flexibility index (Phi) is 3.87. The lowest BCUT2D eigenvalue weighted by Crippen LogP contribution is -2.12. The highest BCUT2D eigenvalue weighted by molar-refractivity contribution is 7.22. The number of benzene rings is 1. The highest BCUT2D eigenvalue weighted by atomic mass is 32.1. The molecule has 3 aromatic heterocycles. The van der Waals surface area contributed by atoms with Gasteiger partial charge in [0, 0.05) is 17.7 Å². The summed E-state index contributed by atoms with van der Waals surface area (Å²) in [6.07, 6.45) is -0.805. The molecule has 0 radical (unpaired) electrons. The van der Waals surface area contributed by atoms with Crippen molar-refractivity contribution in [3.05, 3.63) is 53.0 Å². The molecular weight excluding hydrogens is 384 g/mol. The van der Waals surface area contributed by atoms with Gasteiger partial charge in [-0.1, -0.05) is 17.4 Å². The Hall–Kier alpha value is -2.94. The smallest absolute Gasteiger partial charge is 0.280 e. The van der Waals surface area contributed by atoms with Crippen LogP contribution in [0, 0.1) is 6.92 Å². The number of nitrogens with one attached hydrogen (secondary N) is 1. The van der Waals surface area contributed by atoms with E-state index in [-0.39, 0.29) is 23.0 Å². The van der Waals surface area contributed by atoms with Gasteiger partial charge in [-0.05, 0) is 43.5 Å². The Morgan fingerprint density at radius 1 is 1.25 bits per heavy atom. The SMILES string of the molecule is Cc1ccc2nc(NC(=O)c3cc4nc(C5CC5)cc(C(F)F)n4n3)sc2c1. The molecule has 3 heterocycles. The van der Waals surface area contributed by atoms with Crippen LogP contribution in [0.15, 0.2) is 30.3 Å². The minimum absolute atomic E-state index is 0.0257. The van der Waals surface area contributed by atoms with Crippen LogP contribution in [-0.4, -0.2) is 25.5 Å². The normalized spacial score (nSPS) is 14.3. The summed E-state index contributed by atoms with van der Waals surface area (Å²) in [7, 11) is 0. The molecule has 6 nitrogen and oxygen atoms in total. The largest absolute Gasteiger partial charge is 0.296 e. The van der Waals surface area contributed by atoms with Crippen molar-refractivity contribution in [2.75, 3.05) is 5.32 Å². The lowest BCUT2D eigenvalue weighted by molar-refractivity contribution is 0.102. The predicted octanol–water partition coefficient (Wildman–Crippen LogP) is 4.71. The number of alkyl halides is 2. The van der Waals surface area contributed by atoms with Crippen LogP contribution in [0.25, 0.3) is 15.9 Å². The molecule has 28 heavy (non-hydrogen) atoms. The summed E-state index contributed by atoms with van der Waals surface area (Å²) in [4.78, 5) is 21.4. The number of anilines is 1. The molecule has 1 saturated carbocycles. The van der Waals surface area contributed by atoms with E-state index >= 15 is 0 Å². The van der Waals surface area contributed by atoms with Gasteiger partial charge in [0.15, 0.2) is 16.5 Å². The number of amides is 1. The fourth-order valence-corrected chi connectivity index (χ4v) is 4.08. The maximum atomic E-state index is 13.5. The first-order valence-electron chi connectivity index (χ1n) is 8.85. The molecule has 5 rings (SSSR count). The second-order valence-electron chi connectivity index (χ2n) is 6.92. The molecule has 0 spiro atoms. The first-order valence-corrected chi connectivity index (χ1v) is 9.67. The van der Waals surface area contributed by atoms with E-state index in [0.717, 1.165) is 33.1 Å². The third kappa shape index (κ3) is 3.01. The number of thiazole rings is 1. The van der Waals surface area contributed by atoms with Gasteiger partial charge in [0.25, 0.3) is 12.3 Å². The first kappa shape index (κ1) is 17.2. The number of carbonyl (C=O) groups excluding carboxylic acids is 1. The van der Waals surface area contributed by atoms with E-state index < -0.39 is 12.3 Å². The van der Waals surface area contributed by atoms with E-state index in [1.54, 1.807) is 0 Å². The maximum absolute atomic E-state index is 13.5. The third-order valence-corrected chi connectivity index (χ3v) is 5.62. The maximum Gasteiger partial charge on any atom is 0.280 e. The Labute approximate surface area is 162 Å². The number of hydrogen-bond donors (Lipinski definition) is 1. The Morgan fingerprint density at radius 3 is 2.82 bits per heavy atom. The van der Waals surface area contributed by atoms with E-state index in [4.69, 9.17) is 0 Å². The van der Waals surface area contributed by atoms with Crippen molar-refractivity contribution in [1.29, 1.82) is 0 Å². The molecule has 1 amide bonds. The van der Waals surface area contributed by atoms with E-state index in [9.17, 15) is 13.6 Å². The van der Waals surface area contributed by atoms with Crippen LogP contribution in [0.2, 0.25) is 0 Å². The molecule has 0 bridgehead atoms. The van der Waals surface area contributed by atoms with Gasteiger partial charge in [0.2, 0.25) is 0 Å². The van der Waals surface area contributed by atoms with E-state index in [2.05, 4.69) is 20.4 Å². The van der Waals surface area contributed by atoms with Gasteiger partial charge >= 0.3 is 0 Å². The molecule has 1 N–H and O–H groups in total. The monoisotopic (exact) mass is 399 g/mol. The third-order valence-electron chi connectivity index (χ3n) is 4.69. The molecule has 0 saturated heterocycles. The molecule has 1 fully saturated rings. The molecule has 0 aliphatic heterocycles. The summed E-state index contributed by atoms with van der Waals surface area (Å²) >= 11 is 1.35. The fraction of sp³-hybridized carbons (Fsp3) is 0.263. The van der Waals surface area contributed by atoms with Crippen LogP contribution >= 0.6 is 11.3 Å². The van der Waals surface area contributed by atoms with Crippen molar-refractivity contribution >= 4 is 38.2 Å². The number of nitrogens with zero attached hydrogens (tertiary/aromatic N) is 4. The van der Waals surface area contributed by atoms with Gasteiger partial charge in [-0.15, -0.1) is 0 Å². The van der Waals surface area contributed by atoms with Crippen LogP contribution in [0.4, 0.5) is 13.9 Å². The quantitative estimate of drug-likeness (QED) is 0.539. The summed E-state index contributed by atoms with van der Waals surface area (Å²) < 4.78 is 29.0. The highest BCUT2D eigenvalue weighted by Gasteiger charge is 2.28. The van der Waals surface area contributed by atoms with Crippen molar-refractivity contribution in [3.8, 4) is 0 Å². The number of aryl methyl sites for hydroxylation is 1. The van der Waals surface area contributed by atoms with Gasteiger partial charge in [0.1, 0.15) is 5.69 Å². The molecule has 142 valence electrons. The van der Waals surface area contributed by atoms with Gasteiger partial charge in [0.05, 0.1) is 10.2 Å². The van der Waals surface area contributed by atoms with Gasteiger partial charge in [-0.2, -0.15) is 5.10 Å². The molecule has 1 aliphatic rings. The van der Waals surface area contributed by atoms with E-state index in [1.807, 2.05) is 25.1 Å². The number of aromatic nitrogens is 4. The first-order chi connectivity index (χ1) is 13.5. The topological polar surface area (TPSA) is 72.2 Å². The summed E-state index contributed by atoms with van der Waals surface area (Å²) in [6, 6.07) is 8.65. The average Bonchev–Trinajstić information content (AvgIpc) is 3.29. The van der Waals surface area contributed by atoms with Crippen LogP contribution in [-0.2, 0) is 0 Å². The van der Waals surface area contributed by atoms with Crippen molar-refractivity contribution in [2.24, 2.45) is 0 Å². The average molecular weight is 399 g/mol. The van der Waals surface area contributed by atoms with E-state index in [1.165, 1.54) is 23.5 Å². The van der Waals surface area contributed by atoms with Gasteiger partial charge < -0.3 is 0 Å². The molecule has 9 heteroatoms. The summed E-state index contributed by atoms with van der Waals surface area (Å²) in [5.41, 5.74) is 2.56. The zero-order valence-corrected chi connectivity index (χ0v) is 15.6. The van der Waals surface area contributed by atoms with Crippen LogP contribution < -0.4 is 5.32 Å². The zero-order chi connectivity index (χ0) is 19.4. The van der Waals surface area contributed by atoms with Crippen LogP contribution in [0.5, 0.6) is 0 Å². The number of carbonyl (C=O) groups is 1. The molecule has 4 aromatic rings. The predicted molar refractivity (Wildman–Crippen MR) is 102 cm³/mol. The molecule has 1 aromatic carbocycles. The Balaban J connectivity index is 1.49. The van der Waals surface area contributed by atoms with Gasteiger partial charge in [-0.25, -0.2) is 23.3 Å². The second kappa shape index (κ2) is 6.30. The van der Waals surface area contributed by atoms with Crippen molar-refractivity contribution < 1.29 is 13.6 Å². The summed E-state index contributed by atoms with van der Waals surface area (Å²) in [5, 5.41) is 7.20. The molecule has 0 atom stereocenters. The van der Waals surface area contributed by atoms with Crippen LogP contribution in [0.1, 0.15) is 52.6 Å².